The number of carbonyl (C=O) groups is 1. The molecule has 138 valence electrons. The Bertz CT molecular complexity index is 632. The average Bonchev–Trinajstić information content (AvgIpc) is 2.68. The van der Waals surface area contributed by atoms with Crippen molar-refractivity contribution < 1.29 is 19.0 Å². The van der Waals surface area contributed by atoms with Crippen LogP contribution < -0.4 is 14.8 Å². The van der Waals surface area contributed by atoms with E-state index in [0.29, 0.717) is 19.7 Å². The fourth-order valence-electron chi connectivity index (χ4n) is 3.48. The van der Waals surface area contributed by atoms with E-state index in [-0.39, 0.29) is 18.2 Å². The van der Waals surface area contributed by atoms with E-state index in [1.165, 1.54) is 0 Å². The minimum atomic E-state index is -0.474. The summed E-state index contributed by atoms with van der Waals surface area (Å²) in [7, 11) is 1.64. The third kappa shape index (κ3) is 4.37. The van der Waals surface area contributed by atoms with Crippen LogP contribution in [-0.4, -0.2) is 48.9 Å². The molecule has 6 nitrogen and oxygen atoms in total. The van der Waals surface area contributed by atoms with E-state index in [2.05, 4.69) is 5.32 Å². The van der Waals surface area contributed by atoms with Gasteiger partial charge in [0, 0.05) is 24.3 Å². The van der Waals surface area contributed by atoms with Gasteiger partial charge in [0.15, 0.2) is 0 Å². The first kappa shape index (κ1) is 17.9. The second kappa shape index (κ2) is 7.12. The zero-order chi connectivity index (χ0) is 18.0. The van der Waals surface area contributed by atoms with Crippen molar-refractivity contribution in [2.45, 2.75) is 57.9 Å². The number of rotatable bonds is 2. The van der Waals surface area contributed by atoms with Gasteiger partial charge in [-0.1, -0.05) is 0 Å². The van der Waals surface area contributed by atoms with Crippen LogP contribution in [0.1, 0.15) is 39.2 Å². The number of nitrogens with one attached hydrogen (secondary N) is 1. The van der Waals surface area contributed by atoms with Gasteiger partial charge < -0.3 is 24.4 Å². The molecule has 1 fully saturated rings. The molecule has 1 saturated heterocycles. The second-order valence-electron chi connectivity index (χ2n) is 7.54. The molecule has 0 spiro atoms. The number of ether oxygens (including phenoxy) is 3. The molecule has 0 aliphatic carbocycles. The zero-order valence-corrected chi connectivity index (χ0v) is 15.5. The van der Waals surface area contributed by atoms with Crippen molar-refractivity contribution in [3.63, 3.8) is 0 Å². The van der Waals surface area contributed by atoms with E-state index in [0.717, 1.165) is 29.9 Å². The van der Waals surface area contributed by atoms with Gasteiger partial charge in [-0.15, -0.1) is 0 Å². The Morgan fingerprint density at radius 1 is 1.40 bits per heavy atom. The van der Waals surface area contributed by atoms with Gasteiger partial charge in [-0.2, -0.15) is 0 Å². The molecule has 0 bridgehead atoms. The summed E-state index contributed by atoms with van der Waals surface area (Å²) in [6, 6.07) is 5.88. The minimum Gasteiger partial charge on any atom is -0.497 e. The average molecular weight is 348 g/mol. The molecular weight excluding hydrogens is 320 g/mol. The van der Waals surface area contributed by atoms with Gasteiger partial charge in [-0.05, 0) is 45.7 Å². The molecular formula is C19H28N2O4. The maximum atomic E-state index is 12.8. The van der Waals surface area contributed by atoms with Crippen LogP contribution in [0.5, 0.6) is 11.5 Å². The zero-order valence-electron chi connectivity index (χ0n) is 15.5. The van der Waals surface area contributed by atoms with E-state index < -0.39 is 5.60 Å². The molecule has 2 atom stereocenters. The van der Waals surface area contributed by atoms with Gasteiger partial charge in [0.2, 0.25) is 0 Å². The molecule has 2 aliphatic rings. The third-order valence-corrected chi connectivity index (χ3v) is 4.69. The summed E-state index contributed by atoms with van der Waals surface area (Å²) in [4.78, 5) is 14.7. The molecule has 0 aromatic heterocycles. The van der Waals surface area contributed by atoms with Crippen LogP contribution in [0.4, 0.5) is 4.79 Å². The first-order chi connectivity index (χ1) is 11.9. The summed E-state index contributed by atoms with van der Waals surface area (Å²) in [6.45, 7) is 7.78. The van der Waals surface area contributed by atoms with Crippen molar-refractivity contribution >= 4 is 6.03 Å². The van der Waals surface area contributed by atoms with E-state index in [1.54, 1.807) is 7.11 Å². The lowest BCUT2D eigenvalue weighted by atomic mass is 10.0. The summed E-state index contributed by atoms with van der Waals surface area (Å²) in [6.07, 6.45) is 1.90. The molecule has 25 heavy (non-hydrogen) atoms. The van der Waals surface area contributed by atoms with Crippen molar-refractivity contribution in [3.8, 4) is 11.5 Å². The number of urea groups is 1. The summed E-state index contributed by atoms with van der Waals surface area (Å²) in [5.74, 6) is 1.53. The molecule has 1 aromatic rings. The highest BCUT2D eigenvalue weighted by molar-refractivity contribution is 5.75. The van der Waals surface area contributed by atoms with E-state index in [4.69, 9.17) is 14.2 Å². The van der Waals surface area contributed by atoms with Crippen molar-refractivity contribution in [3.05, 3.63) is 23.8 Å². The lowest BCUT2D eigenvalue weighted by Gasteiger charge is -2.33. The van der Waals surface area contributed by atoms with E-state index in [9.17, 15) is 4.79 Å². The molecule has 0 radical (unpaired) electrons. The van der Waals surface area contributed by atoms with Gasteiger partial charge in [0.1, 0.15) is 17.1 Å². The highest BCUT2D eigenvalue weighted by Gasteiger charge is 2.33. The van der Waals surface area contributed by atoms with Gasteiger partial charge in [-0.25, -0.2) is 4.79 Å². The minimum absolute atomic E-state index is 0.0422. The van der Waals surface area contributed by atoms with Crippen molar-refractivity contribution in [1.29, 1.82) is 0 Å². The first-order valence-electron chi connectivity index (χ1n) is 8.89. The van der Waals surface area contributed by atoms with Crippen LogP contribution in [-0.2, 0) is 11.3 Å². The molecule has 2 amide bonds. The van der Waals surface area contributed by atoms with Gasteiger partial charge >= 0.3 is 6.03 Å². The number of methoxy groups -OCH3 is 1. The molecule has 1 N–H and O–H groups in total. The fraction of sp³-hybridized carbons (Fsp3) is 0.632. The van der Waals surface area contributed by atoms with E-state index >= 15 is 0 Å². The van der Waals surface area contributed by atoms with Crippen LogP contribution in [0.3, 0.4) is 0 Å². The Morgan fingerprint density at radius 2 is 2.20 bits per heavy atom. The van der Waals surface area contributed by atoms with Gasteiger partial charge in [0.25, 0.3) is 0 Å². The Balaban J connectivity index is 1.75. The molecule has 2 heterocycles. The summed E-state index contributed by atoms with van der Waals surface area (Å²) >= 11 is 0. The Labute approximate surface area is 149 Å². The molecule has 0 unspecified atom stereocenters. The molecule has 3 rings (SSSR count). The quantitative estimate of drug-likeness (QED) is 0.893. The van der Waals surface area contributed by atoms with Crippen LogP contribution >= 0.6 is 0 Å². The van der Waals surface area contributed by atoms with Crippen LogP contribution in [0, 0.1) is 0 Å². The summed E-state index contributed by atoms with van der Waals surface area (Å²) in [5.41, 5.74) is 0.514. The number of fused-ring (bicyclic) bond motifs is 1. The molecule has 1 aromatic carbocycles. The van der Waals surface area contributed by atoms with Gasteiger partial charge in [0.05, 0.1) is 26.3 Å². The van der Waals surface area contributed by atoms with Crippen LogP contribution in [0.2, 0.25) is 0 Å². The Morgan fingerprint density at radius 3 is 2.92 bits per heavy atom. The standard InChI is InChI=1S/C19H28N2O4/c1-13-9-15(7-8-24-13)20-18(22)21-11-14-5-6-16(23-4)10-17(14)25-19(2,3)12-21/h5-6,10,13,15H,7-9,11-12H2,1-4H3,(H,20,22)/t13-,15+/m0/s1. The topological polar surface area (TPSA) is 60.0 Å². The molecule has 0 saturated carbocycles. The smallest absolute Gasteiger partial charge is 0.318 e. The van der Waals surface area contributed by atoms with Crippen molar-refractivity contribution in [1.82, 2.24) is 10.2 Å². The largest absolute Gasteiger partial charge is 0.497 e. The molecule has 6 heteroatoms. The van der Waals surface area contributed by atoms with Gasteiger partial charge in [-0.3, -0.25) is 0 Å². The summed E-state index contributed by atoms with van der Waals surface area (Å²) in [5, 5.41) is 3.16. The highest BCUT2D eigenvalue weighted by atomic mass is 16.5. The maximum Gasteiger partial charge on any atom is 0.318 e. The third-order valence-electron chi connectivity index (χ3n) is 4.69. The number of nitrogens with zero attached hydrogens (tertiary/aromatic N) is 1. The van der Waals surface area contributed by atoms with Crippen molar-refractivity contribution in [2.24, 2.45) is 0 Å². The Kier molecular flexibility index (Phi) is 5.08. The highest BCUT2D eigenvalue weighted by Crippen LogP contribution is 2.32. The number of amides is 2. The molecule has 2 aliphatic heterocycles. The lowest BCUT2D eigenvalue weighted by Crippen LogP contribution is -2.51. The monoisotopic (exact) mass is 348 g/mol. The second-order valence-corrected chi connectivity index (χ2v) is 7.54. The Hall–Kier alpha value is -1.95. The number of hydrogen-bond acceptors (Lipinski definition) is 4. The number of benzene rings is 1. The van der Waals surface area contributed by atoms with Crippen molar-refractivity contribution in [2.75, 3.05) is 20.3 Å². The normalized spacial score (nSPS) is 25.4. The summed E-state index contributed by atoms with van der Waals surface area (Å²) < 4.78 is 17.0. The van der Waals surface area contributed by atoms with E-state index in [1.807, 2.05) is 43.9 Å². The first-order valence-corrected chi connectivity index (χ1v) is 8.89. The predicted molar refractivity (Wildman–Crippen MR) is 95.1 cm³/mol. The number of hydrogen-bond donors (Lipinski definition) is 1. The maximum absolute atomic E-state index is 12.8. The lowest BCUT2D eigenvalue weighted by molar-refractivity contribution is 0.0136. The SMILES string of the molecule is COc1ccc2c(c1)OC(C)(C)CN(C(=O)N[C@@H]1CCO[C@@H](C)C1)C2. The number of carbonyl (C=O) groups excluding carboxylic acids is 1. The van der Waals surface area contributed by atoms with Crippen LogP contribution in [0.15, 0.2) is 18.2 Å². The fourth-order valence-corrected chi connectivity index (χ4v) is 3.48. The van der Waals surface area contributed by atoms with Crippen LogP contribution in [0.25, 0.3) is 0 Å². The predicted octanol–water partition coefficient (Wildman–Crippen LogP) is 2.95.